The molecule has 0 unspecified atom stereocenters. The lowest BCUT2D eigenvalue weighted by Gasteiger charge is -2.26. The van der Waals surface area contributed by atoms with Crippen LogP contribution in [0, 0.1) is 0 Å². The van der Waals surface area contributed by atoms with Gasteiger partial charge in [0.15, 0.2) is 0 Å². The van der Waals surface area contributed by atoms with Gasteiger partial charge in [0.05, 0.1) is 0 Å². The van der Waals surface area contributed by atoms with E-state index in [-0.39, 0.29) is 11.9 Å². The van der Waals surface area contributed by atoms with Crippen molar-refractivity contribution in [3.8, 4) is 0 Å². The van der Waals surface area contributed by atoms with E-state index < -0.39 is 0 Å². The van der Waals surface area contributed by atoms with Crippen LogP contribution < -0.4 is 5.32 Å². The zero-order valence-corrected chi connectivity index (χ0v) is 12.3. The lowest BCUT2D eigenvalue weighted by Crippen LogP contribution is -2.39. The van der Waals surface area contributed by atoms with Crippen molar-refractivity contribution in [1.29, 1.82) is 0 Å². The number of benzene rings is 3. The van der Waals surface area contributed by atoms with Gasteiger partial charge in [0.1, 0.15) is 0 Å². The molecule has 3 aromatic rings. The first-order valence-corrected chi connectivity index (χ1v) is 7.67. The summed E-state index contributed by atoms with van der Waals surface area (Å²) in [6, 6.07) is 22.4. The van der Waals surface area contributed by atoms with Crippen molar-refractivity contribution in [3.05, 3.63) is 83.4 Å². The van der Waals surface area contributed by atoms with E-state index in [0.29, 0.717) is 0 Å². The standard InChI is InChI=1S/C20H17NO/c22-20(15-6-2-1-3-7-15)21-18-12-16-10-4-8-14-9-5-11-17(13-18)19(14)16/h1-11,18H,12-13H2,(H,21,22). The Morgan fingerprint density at radius 3 is 2.09 bits per heavy atom. The maximum atomic E-state index is 12.4. The molecule has 0 radical (unpaired) electrons. The molecule has 2 nitrogen and oxygen atoms in total. The number of hydrogen-bond acceptors (Lipinski definition) is 1. The predicted octanol–water partition coefficient (Wildman–Crippen LogP) is 3.74. The summed E-state index contributed by atoms with van der Waals surface area (Å²) in [5, 5.41) is 5.84. The number of hydrogen-bond donors (Lipinski definition) is 1. The second-order valence-electron chi connectivity index (χ2n) is 5.88. The average Bonchev–Trinajstić information content (AvgIpc) is 2.56. The molecular weight excluding hydrogens is 270 g/mol. The van der Waals surface area contributed by atoms with Gasteiger partial charge in [0, 0.05) is 11.6 Å². The number of nitrogens with one attached hydrogen (secondary N) is 1. The maximum absolute atomic E-state index is 12.4. The van der Waals surface area contributed by atoms with Crippen LogP contribution in [0.2, 0.25) is 0 Å². The molecule has 2 heteroatoms. The molecule has 108 valence electrons. The molecule has 4 rings (SSSR count). The number of rotatable bonds is 2. The third-order valence-electron chi connectivity index (χ3n) is 4.38. The lowest BCUT2D eigenvalue weighted by molar-refractivity contribution is 0.0936. The summed E-state index contributed by atoms with van der Waals surface area (Å²) in [5.41, 5.74) is 3.38. The summed E-state index contributed by atoms with van der Waals surface area (Å²) in [6.45, 7) is 0. The topological polar surface area (TPSA) is 29.1 Å². The Morgan fingerprint density at radius 1 is 0.818 bits per heavy atom. The normalized spacial score (nSPS) is 14.0. The summed E-state index contributed by atoms with van der Waals surface area (Å²) in [7, 11) is 0. The van der Waals surface area contributed by atoms with E-state index in [1.807, 2.05) is 30.3 Å². The highest BCUT2D eigenvalue weighted by atomic mass is 16.1. The largest absolute Gasteiger partial charge is 0.349 e. The third kappa shape index (κ3) is 2.27. The number of carbonyl (C=O) groups excluding carboxylic acids is 1. The Kier molecular flexibility index (Phi) is 3.15. The quantitative estimate of drug-likeness (QED) is 0.764. The SMILES string of the molecule is O=C(NC1Cc2cccc3cccc(c23)C1)c1ccccc1. The Hall–Kier alpha value is -2.61. The van der Waals surface area contributed by atoms with Gasteiger partial charge < -0.3 is 5.32 Å². The van der Waals surface area contributed by atoms with E-state index in [1.165, 1.54) is 21.9 Å². The molecule has 1 aliphatic carbocycles. The Labute approximate surface area is 129 Å². The Balaban J connectivity index is 1.61. The van der Waals surface area contributed by atoms with Crippen molar-refractivity contribution in [2.45, 2.75) is 18.9 Å². The van der Waals surface area contributed by atoms with Crippen molar-refractivity contribution >= 4 is 16.7 Å². The molecule has 0 saturated heterocycles. The van der Waals surface area contributed by atoms with Gasteiger partial charge in [-0.2, -0.15) is 0 Å². The van der Waals surface area contributed by atoms with E-state index in [1.54, 1.807) is 0 Å². The smallest absolute Gasteiger partial charge is 0.251 e. The van der Waals surface area contributed by atoms with Crippen LogP contribution >= 0.6 is 0 Å². The van der Waals surface area contributed by atoms with E-state index in [4.69, 9.17) is 0 Å². The summed E-state index contributed by atoms with van der Waals surface area (Å²) >= 11 is 0. The first-order chi connectivity index (χ1) is 10.8. The molecule has 22 heavy (non-hydrogen) atoms. The van der Waals surface area contributed by atoms with Crippen molar-refractivity contribution < 1.29 is 4.79 Å². The molecule has 1 aliphatic rings. The van der Waals surface area contributed by atoms with Crippen LogP contribution in [0.3, 0.4) is 0 Å². The van der Waals surface area contributed by atoms with Gasteiger partial charge in [-0.15, -0.1) is 0 Å². The monoisotopic (exact) mass is 287 g/mol. The molecular formula is C20H17NO. The van der Waals surface area contributed by atoms with Crippen molar-refractivity contribution in [2.75, 3.05) is 0 Å². The van der Waals surface area contributed by atoms with Crippen LogP contribution in [0.1, 0.15) is 21.5 Å². The molecule has 0 atom stereocenters. The molecule has 0 fully saturated rings. The van der Waals surface area contributed by atoms with Gasteiger partial charge in [0.2, 0.25) is 0 Å². The molecule has 0 aromatic heterocycles. The molecule has 0 saturated carbocycles. The zero-order valence-electron chi connectivity index (χ0n) is 12.3. The number of amides is 1. The Bertz CT molecular complexity index is 798. The summed E-state index contributed by atoms with van der Waals surface area (Å²) in [5.74, 6) is 0.0113. The van der Waals surface area contributed by atoms with Gasteiger partial charge >= 0.3 is 0 Å². The zero-order chi connectivity index (χ0) is 14.9. The van der Waals surface area contributed by atoms with E-state index in [9.17, 15) is 4.79 Å². The van der Waals surface area contributed by atoms with E-state index in [2.05, 4.69) is 41.7 Å². The van der Waals surface area contributed by atoms with Gasteiger partial charge in [0.25, 0.3) is 5.91 Å². The predicted molar refractivity (Wildman–Crippen MR) is 89.1 cm³/mol. The number of carbonyl (C=O) groups is 1. The van der Waals surface area contributed by atoms with Gasteiger partial charge in [-0.05, 0) is 46.9 Å². The second kappa shape index (κ2) is 5.30. The van der Waals surface area contributed by atoms with Crippen LogP contribution in [0.5, 0.6) is 0 Å². The van der Waals surface area contributed by atoms with Crippen molar-refractivity contribution in [3.63, 3.8) is 0 Å². The van der Waals surface area contributed by atoms with Gasteiger partial charge in [-0.1, -0.05) is 54.6 Å². The third-order valence-corrected chi connectivity index (χ3v) is 4.38. The fourth-order valence-corrected chi connectivity index (χ4v) is 3.41. The molecule has 0 spiro atoms. The highest BCUT2D eigenvalue weighted by Gasteiger charge is 2.22. The minimum Gasteiger partial charge on any atom is -0.349 e. The van der Waals surface area contributed by atoms with Crippen LogP contribution in [0.25, 0.3) is 10.8 Å². The van der Waals surface area contributed by atoms with Crippen molar-refractivity contribution in [2.24, 2.45) is 0 Å². The molecule has 1 N–H and O–H groups in total. The minimum atomic E-state index is 0.0113. The molecule has 0 aliphatic heterocycles. The fraction of sp³-hybridized carbons (Fsp3) is 0.150. The average molecular weight is 287 g/mol. The minimum absolute atomic E-state index is 0.0113. The molecule has 0 bridgehead atoms. The van der Waals surface area contributed by atoms with Crippen LogP contribution in [0.4, 0.5) is 0 Å². The highest BCUT2D eigenvalue weighted by Crippen LogP contribution is 2.29. The summed E-state index contributed by atoms with van der Waals surface area (Å²) in [6.07, 6.45) is 1.79. The Morgan fingerprint density at radius 2 is 1.45 bits per heavy atom. The van der Waals surface area contributed by atoms with E-state index >= 15 is 0 Å². The summed E-state index contributed by atoms with van der Waals surface area (Å²) in [4.78, 5) is 12.4. The highest BCUT2D eigenvalue weighted by molar-refractivity contribution is 5.95. The first kappa shape index (κ1) is 13.1. The maximum Gasteiger partial charge on any atom is 0.251 e. The summed E-state index contributed by atoms with van der Waals surface area (Å²) < 4.78 is 0. The van der Waals surface area contributed by atoms with Gasteiger partial charge in [-0.3, -0.25) is 4.79 Å². The molecule has 0 heterocycles. The van der Waals surface area contributed by atoms with Crippen LogP contribution in [-0.2, 0) is 12.8 Å². The van der Waals surface area contributed by atoms with Crippen molar-refractivity contribution in [1.82, 2.24) is 5.32 Å². The van der Waals surface area contributed by atoms with Gasteiger partial charge in [-0.25, -0.2) is 0 Å². The second-order valence-corrected chi connectivity index (χ2v) is 5.88. The van der Waals surface area contributed by atoms with E-state index in [0.717, 1.165) is 18.4 Å². The fourth-order valence-electron chi connectivity index (χ4n) is 3.41. The lowest BCUT2D eigenvalue weighted by atomic mass is 9.85. The van der Waals surface area contributed by atoms with Crippen LogP contribution in [0.15, 0.2) is 66.7 Å². The first-order valence-electron chi connectivity index (χ1n) is 7.67. The molecule has 3 aromatic carbocycles. The molecule has 1 amide bonds. The van der Waals surface area contributed by atoms with Crippen LogP contribution in [-0.4, -0.2) is 11.9 Å².